The highest BCUT2D eigenvalue weighted by Gasteiger charge is 2.25. The Balaban J connectivity index is 1.92. The summed E-state index contributed by atoms with van der Waals surface area (Å²) in [5.74, 6) is 0.699. The van der Waals surface area contributed by atoms with Gasteiger partial charge in [-0.3, -0.25) is 14.7 Å². The molecule has 1 saturated heterocycles. The fourth-order valence-corrected chi connectivity index (χ4v) is 2.65. The van der Waals surface area contributed by atoms with E-state index in [9.17, 15) is 4.79 Å². The van der Waals surface area contributed by atoms with Crippen LogP contribution in [0.3, 0.4) is 0 Å². The van der Waals surface area contributed by atoms with Gasteiger partial charge in [0.05, 0.1) is 5.51 Å². The molecule has 0 spiro atoms. The van der Waals surface area contributed by atoms with E-state index in [1.54, 1.807) is 11.3 Å². The van der Waals surface area contributed by atoms with Crippen molar-refractivity contribution in [3.8, 4) is 0 Å². The zero-order valence-electron chi connectivity index (χ0n) is 8.98. The minimum absolute atomic E-state index is 0.256. The zero-order chi connectivity index (χ0) is 10.7. The number of carbonyl (C=O) groups is 1. The summed E-state index contributed by atoms with van der Waals surface area (Å²) in [6.45, 7) is 4.88. The van der Waals surface area contributed by atoms with E-state index in [1.165, 1.54) is 4.88 Å². The summed E-state index contributed by atoms with van der Waals surface area (Å²) in [5, 5.41) is 0. The van der Waals surface area contributed by atoms with Crippen molar-refractivity contribution < 1.29 is 4.79 Å². The predicted octanol–water partition coefficient (Wildman–Crippen LogP) is 1.94. The molecular weight excluding hydrogens is 208 g/mol. The first kappa shape index (κ1) is 10.8. The Bertz CT molecular complexity index is 323. The number of piperidine rings is 1. The topological polar surface area (TPSA) is 33.2 Å². The van der Waals surface area contributed by atoms with Crippen LogP contribution in [0, 0.1) is 5.92 Å². The summed E-state index contributed by atoms with van der Waals surface area (Å²) in [5.41, 5.74) is 1.86. The summed E-state index contributed by atoms with van der Waals surface area (Å²) in [4.78, 5) is 19.3. The number of Topliss-reactive ketones (excluding diaryl/α,β-unsaturated/α-hetero) is 1. The Kier molecular flexibility index (Phi) is 3.49. The third-order valence-corrected chi connectivity index (χ3v) is 3.73. The second-order valence-electron chi connectivity index (χ2n) is 4.02. The van der Waals surface area contributed by atoms with Crippen molar-refractivity contribution in [1.82, 2.24) is 9.88 Å². The molecule has 0 aromatic carbocycles. The number of aromatic nitrogens is 1. The first-order valence-corrected chi connectivity index (χ1v) is 6.30. The van der Waals surface area contributed by atoms with Crippen molar-refractivity contribution in [2.75, 3.05) is 13.1 Å². The fourth-order valence-electron chi connectivity index (χ4n) is 2.02. The third kappa shape index (κ3) is 2.63. The van der Waals surface area contributed by atoms with E-state index in [0.29, 0.717) is 5.78 Å². The molecule has 0 amide bonds. The standard InChI is InChI=1S/C11H16N2OS/c1-2-9-6-13(4-3-11(9)14)7-10-5-12-8-15-10/h5,8-9H,2-4,6-7H2,1H3. The molecular formula is C11H16N2OS. The lowest BCUT2D eigenvalue weighted by molar-refractivity contribution is -0.126. The SMILES string of the molecule is CCC1CN(Cc2cncs2)CCC1=O. The van der Waals surface area contributed by atoms with Crippen LogP contribution in [-0.4, -0.2) is 28.8 Å². The van der Waals surface area contributed by atoms with Gasteiger partial charge in [0.2, 0.25) is 0 Å². The minimum Gasteiger partial charge on any atom is -0.299 e. The number of likely N-dealkylation sites (tertiary alicyclic amines) is 1. The fraction of sp³-hybridized carbons (Fsp3) is 0.636. The van der Waals surface area contributed by atoms with Gasteiger partial charge in [0.25, 0.3) is 0 Å². The normalized spacial score (nSPS) is 23.3. The van der Waals surface area contributed by atoms with Gasteiger partial charge in [-0.25, -0.2) is 0 Å². The first-order valence-electron chi connectivity index (χ1n) is 5.42. The molecule has 0 saturated carbocycles. The van der Waals surface area contributed by atoms with Crippen LogP contribution in [0.2, 0.25) is 0 Å². The van der Waals surface area contributed by atoms with Gasteiger partial charge in [-0.05, 0) is 6.42 Å². The van der Waals surface area contributed by atoms with Crippen LogP contribution in [0.4, 0.5) is 0 Å². The average Bonchev–Trinajstić information content (AvgIpc) is 2.73. The highest BCUT2D eigenvalue weighted by molar-refractivity contribution is 7.09. The molecule has 1 aliphatic heterocycles. The van der Waals surface area contributed by atoms with Gasteiger partial charge in [-0.15, -0.1) is 11.3 Å². The highest BCUT2D eigenvalue weighted by atomic mass is 32.1. The zero-order valence-corrected chi connectivity index (χ0v) is 9.80. The Morgan fingerprint density at radius 3 is 3.20 bits per heavy atom. The van der Waals surface area contributed by atoms with Crippen LogP contribution >= 0.6 is 11.3 Å². The van der Waals surface area contributed by atoms with E-state index in [4.69, 9.17) is 0 Å². The molecule has 1 unspecified atom stereocenters. The molecule has 82 valence electrons. The number of ketones is 1. The van der Waals surface area contributed by atoms with Crippen molar-refractivity contribution in [3.05, 3.63) is 16.6 Å². The summed E-state index contributed by atoms with van der Waals surface area (Å²) >= 11 is 1.69. The molecule has 2 heterocycles. The van der Waals surface area contributed by atoms with Gasteiger partial charge < -0.3 is 0 Å². The Labute approximate surface area is 94.1 Å². The van der Waals surface area contributed by atoms with E-state index >= 15 is 0 Å². The molecule has 4 heteroatoms. The van der Waals surface area contributed by atoms with Crippen molar-refractivity contribution in [1.29, 1.82) is 0 Å². The molecule has 1 aromatic heterocycles. The average molecular weight is 224 g/mol. The molecule has 0 bridgehead atoms. The summed E-state index contributed by atoms with van der Waals surface area (Å²) < 4.78 is 0. The molecule has 1 atom stereocenters. The lowest BCUT2D eigenvalue weighted by Crippen LogP contribution is -2.39. The lowest BCUT2D eigenvalue weighted by Gasteiger charge is -2.30. The maximum atomic E-state index is 11.5. The van der Waals surface area contributed by atoms with E-state index in [0.717, 1.165) is 32.5 Å². The van der Waals surface area contributed by atoms with E-state index in [-0.39, 0.29) is 5.92 Å². The van der Waals surface area contributed by atoms with Gasteiger partial charge in [-0.2, -0.15) is 0 Å². The van der Waals surface area contributed by atoms with Crippen LogP contribution in [0.1, 0.15) is 24.6 Å². The summed E-state index contributed by atoms with van der Waals surface area (Å²) in [6.07, 6.45) is 3.61. The van der Waals surface area contributed by atoms with E-state index in [2.05, 4.69) is 16.8 Å². The Morgan fingerprint density at radius 1 is 1.67 bits per heavy atom. The number of carbonyl (C=O) groups excluding carboxylic acids is 1. The van der Waals surface area contributed by atoms with Gasteiger partial charge in [0, 0.05) is 43.0 Å². The maximum Gasteiger partial charge on any atom is 0.138 e. The molecule has 15 heavy (non-hydrogen) atoms. The first-order chi connectivity index (χ1) is 7.29. The van der Waals surface area contributed by atoms with Crippen molar-refractivity contribution in [2.45, 2.75) is 26.3 Å². The smallest absolute Gasteiger partial charge is 0.138 e. The Hall–Kier alpha value is -0.740. The van der Waals surface area contributed by atoms with Crippen LogP contribution in [-0.2, 0) is 11.3 Å². The monoisotopic (exact) mass is 224 g/mol. The molecule has 3 nitrogen and oxygen atoms in total. The van der Waals surface area contributed by atoms with Gasteiger partial charge in [0.1, 0.15) is 5.78 Å². The minimum atomic E-state index is 0.256. The van der Waals surface area contributed by atoms with Crippen molar-refractivity contribution in [3.63, 3.8) is 0 Å². The maximum absolute atomic E-state index is 11.5. The molecule has 1 aromatic rings. The van der Waals surface area contributed by atoms with Crippen molar-refractivity contribution >= 4 is 17.1 Å². The van der Waals surface area contributed by atoms with Gasteiger partial charge in [0.15, 0.2) is 0 Å². The third-order valence-electron chi connectivity index (χ3n) is 2.96. The predicted molar refractivity (Wildman–Crippen MR) is 60.8 cm³/mol. The highest BCUT2D eigenvalue weighted by Crippen LogP contribution is 2.19. The second-order valence-corrected chi connectivity index (χ2v) is 5.00. The number of nitrogens with zero attached hydrogens (tertiary/aromatic N) is 2. The van der Waals surface area contributed by atoms with Crippen LogP contribution < -0.4 is 0 Å². The van der Waals surface area contributed by atoms with Gasteiger partial charge in [-0.1, -0.05) is 6.92 Å². The molecule has 2 rings (SSSR count). The molecule has 0 radical (unpaired) electrons. The largest absolute Gasteiger partial charge is 0.299 e. The van der Waals surface area contributed by atoms with E-state index < -0.39 is 0 Å². The van der Waals surface area contributed by atoms with Crippen LogP contribution in [0.25, 0.3) is 0 Å². The van der Waals surface area contributed by atoms with Crippen LogP contribution in [0.5, 0.6) is 0 Å². The second kappa shape index (κ2) is 4.86. The molecule has 1 fully saturated rings. The number of thiazole rings is 1. The molecule has 1 aliphatic rings. The van der Waals surface area contributed by atoms with E-state index in [1.807, 2.05) is 11.7 Å². The summed E-state index contributed by atoms with van der Waals surface area (Å²) in [6, 6.07) is 0. The lowest BCUT2D eigenvalue weighted by atomic mass is 9.94. The molecule has 0 N–H and O–H groups in total. The quantitative estimate of drug-likeness (QED) is 0.786. The Morgan fingerprint density at radius 2 is 2.53 bits per heavy atom. The number of hydrogen-bond donors (Lipinski definition) is 0. The van der Waals surface area contributed by atoms with Crippen molar-refractivity contribution in [2.24, 2.45) is 5.92 Å². The molecule has 0 aliphatic carbocycles. The van der Waals surface area contributed by atoms with Gasteiger partial charge >= 0.3 is 0 Å². The number of rotatable bonds is 3. The van der Waals surface area contributed by atoms with Crippen LogP contribution in [0.15, 0.2) is 11.7 Å². The summed E-state index contributed by atoms with van der Waals surface area (Å²) in [7, 11) is 0. The number of hydrogen-bond acceptors (Lipinski definition) is 4.